The van der Waals surface area contributed by atoms with E-state index in [0.717, 1.165) is 5.56 Å². The number of nitrogens with zero attached hydrogens (tertiary/aromatic N) is 1. The number of rotatable bonds is 5. The van der Waals surface area contributed by atoms with E-state index in [1.165, 1.54) is 0 Å². The monoisotopic (exact) mass is 297 g/mol. The van der Waals surface area contributed by atoms with Crippen LogP contribution in [0.5, 0.6) is 0 Å². The van der Waals surface area contributed by atoms with E-state index in [1.54, 1.807) is 44.4 Å². The Morgan fingerprint density at radius 1 is 1.05 bits per heavy atom. The average molecular weight is 297 g/mol. The fraction of sp³-hybridized carbons (Fsp3) is 0.235. The standard InChI is InChI=1S/C17H19N3O2/c1-17(2,16(22)20-14-8-4-3-5-9-14)15(21)19-12-13-7-6-10-18-11-13/h3-11H,12H2,1-2H3,(H,19,21)(H,20,22). The van der Waals surface area contributed by atoms with Gasteiger partial charge in [-0.2, -0.15) is 0 Å². The van der Waals surface area contributed by atoms with Crippen LogP contribution < -0.4 is 10.6 Å². The Hall–Kier alpha value is -2.69. The molecule has 0 saturated heterocycles. The number of carbonyl (C=O) groups excluding carboxylic acids is 2. The second-order valence-electron chi connectivity index (χ2n) is 5.49. The highest BCUT2D eigenvalue weighted by Crippen LogP contribution is 2.19. The average Bonchev–Trinajstić information content (AvgIpc) is 2.54. The molecule has 5 heteroatoms. The van der Waals surface area contributed by atoms with Crippen molar-refractivity contribution < 1.29 is 9.59 Å². The number of benzene rings is 1. The molecule has 0 radical (unpaired) electrons. The summed E-state index contributed by atoms with van der Waals surface area (Å²) in [7, 11) is 0. The Morgan fingerprint density at radius 3 is 2.41 bits per heavy atom. The van der Waals surface area contributed by atoms with Gasteiger partial charge in [0.2, 0.25) is 11.8 Å². The maximum absolute atomic E-state index is 12.3. The van der Waals surface area contributed by atoms with Crippen molar-refractivity contribution in [1.82, 2.24) is 10.3 Å². The van der Waals surface area contributed by atoms with Gasteiger partial charge >= 0.3 is 0 Å². The Bertz CT molecular complexity index is 639. The molecule has 114 valence electrons. The minimum atomic E-state index is -1.17. The van der Waals surface area contributed by atoms with Crippen molar-refractivity contribution >= 4 is 17.5 Å². The molecule has 1 aromatic heterocycles. The fourth-order valence-electron chi connectivity index (χ4n) is 1.82. The first-order valence-corrected chi connectivity index (χ1v) is 7.04. The van der Waals surface area contributed by atoms with Gasteiger partial charge in [-0.05, 0) is 37.6 Å². The number of nitrogens with one attached hydrogen (secondary N) is 2. The van der Waals surface area contributed by atoms with Crippen molar-refractivity contribution in [2.24, 2.45) is 5.41 Å². The highest BCUT2D eigenvalue weighted by atomic mass is 16.2. The molecular weight excluding hydrogens is 278 g/mol. The third-order valence-electron chi connectivity index (χ3n) is 3.34. The second-order valence-corrected chi connectivity index (χ2v) is 5.49. The summed E-state index contributed by atoms with van der Waals surface area (Å²) >= 11 is 0. The predicted octanol–water partition coefficient (Wildman–Crippen LogP) is 2.36. The van der Waals surface area contributed by atoms with Crippen LogP contribution in [0.3, 0.4) is 0 Å². The first-order chi connectivity index (χ1) is 10.5. The molecule has 0 fully saturated rings. The Kier molecular flexibility index (Phi) is 4.88. The number of carbonyl (C=O) groups is 2. The lowest BCUT2D eigenvalue weighted by Crippen LogP contribution is -2.44. The molecule has 0 aliphatic heterocycles. The summed E-state index contributed by atoms with van der Waals surface area (Å²) in [5.41, 5.74) is 0.383. The van der Waals surface area contributed by atoms with Gasteiger partial charge in [-0.3, -0.25) is 14.6 Å². The first kappa shape index (κ1) is 15.7. The third-order valence-corrected chi connectivity index (χ3v) is 3.34. The molecule has 1 aromatic carbocycles. The van der Waals surface area contributed by atoms with E-state index in [0.29, 0.717) is 12.2 Å². The van der Waals surface area contributed by atoms with Gasteiger partial charge in [0, 0.05) is 24.6 Å². The molecule has 0 unspecified atom stereocenters. The smallest absolute Gasteiger partial charge is 0.239 e. The molecule has 2 N–H and O–H groups in total. The molecule has 22 heavy (non-hydrogen) atoms. The van der Waals surface area contributed by atoms with Gasteiger partial charge in [-0.15, -0.1) is 0 Å². The number of pyridine rings is 1. The lowest BCUT2D eigenvalue weighted by Gasteiger charge is -2.22. The molecule has 1 heterocycles. The van der Waals surface area contributed by atoms with Crippen molar-refractivity contribution in [2.45, 2.75) is 20.4 Å². The molecule has 2 aromatic rings. The van der Waals surface area contributed by atoms with Crippen molar-refractivity contribution in [3.63, 3.8) is 0 Å². The van der Waals surface area contributed by atoms with Gasteiger partial charge in [0.25, 0.3) is 0 Å². The van der Waals surface area contributed by atoms with Gasteiger partial charge in [-0.1, -0.05) is 24.3 Å². The summed E-state index contributed by atoms with van der Waals surface area (Å²) in [6.45, 7) is 3.54. The van der Waals surface area contributed by atoms with E-state index in [1.807, 2.05) is 24.3 Å². The lowest BCUT2D eigenvalue weighted by atomic mass is 9.91. The molecule has 0 atom stereocenters. The van der Waals surface area contributed by atoms with Crippen molar-refractivity contribution in [2.75, 3.05) is 5.32 Å². The Labute approximate surface area is 129 Å². The summed E-state index contributed by atoms with van der Waals surface area (Å²) in [6.07, 6.45) is 3.35. The van der Waals surface area contributed by atoms with Gasteiger partial charge in [0.05, 0.1) is 0 Å². The Balaban J connectivity index is 1.96. The number of anilines is 1. The lowest BCUT2D eigenvalue weighted by molar-refractivity contribution is -0.138. The second kappa shape index (κ2) is 6.85. The normalized spacial score (nSPS) is 10.8. The van der Waals surface area contributed by atoms with Crippen LogP contribution in [0.25, 0.3) is 0 Å². The first-order valence-electron chi connectivity index (χ1n) is 7.04. The molecule has 0 spiro atoms. The highest BCUT2D eigenvalue weighted by molar-refractivity contribution is 6.09. The largest absolute Gasteiger partial charge is 0.351 e. The number of para-hydroxylation sites is 1. The summed E-state index contributed by atoms with van der Waals surface area (Å²) in [5, 5.41) is 5.52. The fourth-order valence-corrected chi connectivity index (χ4v) is 1.82. The van der Waals surface area contributed by atoms with E-state index in [2.05, 4.69) is 15.6 Å². The number of hydrogen-bond donors (Lipinski definition) is 2. The quantitative estimate of drug-likeness (QED) is 0.832. The zero-order valence-electron chi connectivity index (χ0n) is 12.7. The summed E-state index contributed by atoms with van der Waals surface area (Å²) in [6, 6.07) is 12.7. The van der Waals surface area contributed by atoms with E-state index in [9.17, 15) is 9.59 Å². The number of amides is 2. The molecule has 0 aliphatic rings. The SMILES string of the molecule is CC(C)(C(=O)NCc1cccnc1)C(=O)Nc1ccccc1. The van der Waals surface area contributed by atoms with E-state index >= 15 is 0 Å². The van der Waals surface area contributed by atoms with E-state index in [4.69, 9.17) is 0 Å². The summed E-state index contributed by atoms with van der Waals surface area (Å²) < 4.78 is 0. The maximum atomic E-state index is 12.3. The summed E-state index contributed by atoms with van der Waals surface area (Å²) in [5.74, 6) is -0.674. The molecule has 0 saturated carbocycles. The van der Waals surface area contributed by atoms with Gasteiger partial charge in [-0.25, -0.2) is 0 Å². The van der Waals surface area contributed by atoms with Crippen molar-refractivity contribution in [3.8, 4) is 0 Å². The van der Waals surface area contributed by atoms with Crippen LogP contribution in [0, 0.1) is 5.41 Å². The molecule has 5 nitrogen and oxygen atoms in total. The van der Waals surface area contributed by atoms with Crippen molar-refractivity contribution in [3.05, 3.63) is 60.4 Å². The van der Waals surface area contributed by atoms with Crippen LogP contribution in [-0.2, 0) is 16.1 Å². The molecular formula is C17H19N3O2. The number of aromatic nitrogens is 1. The predicted molar refractivity (Wildman–Crippen MR) is 84.9 cm³/mol. The maximum Gasteiger partial charge on any atom is 0.239 e. The minimum Gasteiger partial charge on any atom is -0.351 e. The van der Waals surface area contributed by atoms with Gasteiger partial charge < -0.3 is 10.6 Å². The van der Waals surface area contributed by atoms with Crippen LogP contribution in [0.1, 0.15) is 19.4 Å². The highest BCUT2D eigenvalue weighted by Gasteiger charge is 2.35. The van der Waals surface area contributed by atoms with Crippen LogP contribution >= 0.6 is 0 Å². The van der Waals surface area contributed by atoms with Crippen LogP contribution in [0.4, 0.5) is 5.69 Å². The number of hydrogen-bond acceptors (Lipinski definition) is 3. The van der Waals surface area contributed by atoms with E-state index in [-0.39, 0.29) is 11.8 Å². The molecule has 2 rings (SSSR count). The summed E-state index contributed by atoms with van der Waals surface area (Å²) in [4.78, 5) is 28.6. The van der Waals surface area contributed by atoms with Crippen molar-refractivity contribution in [1.29, 1.82) is 0 Å². The van der Waals surface area contributed by atoms with Gasteiger partial charge in [0.15, 0.2) is 0 Å². The molecule has 0 aliphatic carbocycles. The van der Waals surface area contributed by atoms with E-state index < -0.39 is 5.41 Å². The zero-order chi connectivity index (χ0) is 16.0. The minimum absolute atomic E-state index is 0.329. The van der Waals surface area contributed by atoms with Crippen LogP contribution in [0.15, 0.2) is 54.9 Å². The topological polar surface area (TPSA) is 71.1 Å². The molecule has 0 bridgehead atoms. The Morgan fingerprint density at radius 2 is 1.77 bits per heavy atom. The third kappa shape index (κ3) is 3.91. The zero-order valence-corrected chi connectivity index (χ0v) is 12.7. The van der Waals surface area contributed by atoms with Gasteiger partial charge in [0.1, 0.15) is 5.41 Å². The van der Waals surface area contributed by atoms with Crippen LogP contribution in [-0.4, -0.2) is 16.8 Å². The molecule has 2 amide bonds. The van der Waals surface area contributed by atoms with Crippen LogP contribution in [0.2, 0.25) is 0 Å².